The van der Waals surface area contributed by atoms with Crippen LogP contribution in [0.5, 0.6) is 0 Å². The first kappa shape index (κ1) is 15.2. The van der Waals surface area contributed by atoms with Gasteiger partial charge in [-0.05, 0) is 18.6 Å². The van der Waals surface area contributed by atoms with Gasteiger partial charge in [-0.2, -0.15) is 0 Å². The summed E-state index contributed by atoms with van der Waals surface area (Å²) in [6.07, 6.45) is 3.02. The quantitative estimate of drug-likeness (QED) is 0.373. The van der Waals surface area contributed by atoms with Crippen LogP contribution in [-0.4, -0.2) is 18.4 Å². The van der Waals surface area contributed by atoms with E-state index in [2.05, 4.69) is 0 Å². The van der Waals surface area contributed by atoms with Crippen LogP contribution < -0.4 is 5.73 Å². The van der Waals surface area contributed by atoms with Gasteiger partial charge in [-0.15, -0.1) is 12.4 Å². The summed E-state index contributed by atoms with van der Waals surface area (Å²) in [5, 5.41) is 7.22. The summed E-state index contributed by atoms with van der Waals surface area (Å²) in [5.41, 5.74) is 6.84. The van der Waals surface area contributed by atoms with Gasteiger partial charge < -0.3 is 10.5 Å². The summed E-state index contributed by atoms with van der Waals surface area (Å²) in [6, 6.07) is 7.03. The zero-order chi connectivity index (χ0) is 12.0. The zero-order valence-corrected chi connectivity index (χ0v) is 10.3. The van der Waals surface area contributed by atoms with E-state index in [4.69, 9.17) is 15.9 Å². The average molecular weight is 255 g/mol. The van der Waals surface area contributed by atoms with E-state index in [1.165, 1.54) is 6.08 Å². The number of halogens is 1. The van der Waals surface area contributed by atoms with E-state index in [0.717, 1.165) is 5.56 Å². The zero-order valence-electron chi connectivity index (χ0n) is 9.47. The van der Waals surface area contributed by atoms with E-state index in [9.17, 15) is 4.79 Å². The lowest BCUT2D eigenvalue weighted by Crippen LogP contribution is -2.10. The normalized spacial score (nSPS) is 9.71. The smallest absolute Gasteiger partial charge is 0.330 e. The minimum absolute atomic E-state index is 0. The van der Waals surface area contributed by atoms with Crippen LogP contribution in [0.25, 0.3) is 6.08 Å². The number of carbonyl (C=O) groups excluding carboxylic acids is 1. The highest BCUT2D eigenvalue weighted by Gasteiger charge is 1.96. The van der Waals surface area contributed by atoms with Gasteiger partial charge in [0.15, 0.2) is 0 Å². The Hall–Kier alpha value is -1.81. The summed E-state index contributed by atoms with van der Waals surface area (Å²) in [7, 11) is 0. The van der Waals surface area contributed by atoms with E-state index in [-0.39, 0.29) is 24.2 Å². The Labute approximate surface area is 106 Å². The van der Waals surface area contributed by atoms with Crippen molar-refractivity contribution in [1.29, 1.82) is 5.41 Å². The molecule has 0 saturated carbocycles. The molecule has 0 aliphatic heterocycles. The Bertz CT molecular complexity index is 413. The van der Waals surface area contributed by atoms with Crippen LogP contribution in [0.1, 0.15) is 18.1 Å². The number of carbonyl (C=O) groups is 1. The topological polar surface area (TPSA) is 76.2 Å². The average Bonchev–Trinajstić information content (AvgIpc) is 2.27. The van der Waals surface area contributed by atoms with Crippen molar-refractivity contribution in [2.75, 3.05) is 6.61 Å². The fourth-order valence-corrected chi connectivity index (χ4v) is 1.13. The van der Waals surface area contributed by atoms with Gasteiger partial charge in [-0.25, -0.2) is 4.79 Å². The molecule has 0 radical (unpaired) electrons. The number of amidine groups is 1. The van der Waals surface area contributed by atoms with Crippen molar-refractivity contribution in [3.05, 3.63) is 41.5 Å². The SMILES string of the molecule is CCOC(=O)C=Cc1ccc(C(=N)N)cc1.Cl. The molecule has 0 amide bonds. The second-order valence-electron chi connectivity index (χ2n) is 3.12. The highest BCUT2D eigenvalue weighted by atomic mass is 35.5. The number of rotatable bonds is 4. The second kappa shape index (κ2) is 7.46. The van der Waals surface area contributed by atoms with E-state index in [1.54, 1.807) is 37.3 Å². The number of hydrogen-bond donors (Lipinski definition) is 2. The first-order chi connectivity index (χ1) is 7.63. The number of esters is 1. The summed E-state index contributed by atoms with van der Waals surface area (Å²) >= 11 is 0. The van der Waals surface area contributed by atoms with Crippen molar-refractivity contribution in [2.45, 2.75) is 6.92 Å². The molecule has 1 rings (SSSR count). The van der Waals surface area contributed by atoms with Crippen molar-refractivity contribution in [1.82, 2.24) is 0 Å². The number of nitrogens with two attached hydrogens (primary N) is 1. The predicted molar refractivity (Wildman–Crippen MR) is 70.4 cm³/mol. The van der Waals surface area contributed by atoms with Crippen LogP contribution in [0, 0.1) is 5.41 Å². The lowest BCUT2D eigenvalue weighted by Gasteiger charge is -1.98. The molecule has 0 aromatic heterocycles. The molecule has 0 spiro atoms. The van der Waals surface area contributed by atoms with E-state index < -0.39 is 0 Å². The molecule has 0 unspecified atom stereocenters. The Balaban J connectivity index is 0.00000256. The lowest BCUT2D eigenvalue weighted by molar-refractivity contribution is -0.137. The standard InChI is InChI=1S/C12H14N2O2.ClH/c1-2-16-11(15)8-5-9-3-6-10(7-4-9)12(13)14;/h3-8H,2H2,1H3,(H3,13,14);1H. The molecule has 0 aliphatic carbocycles. The molecule has 1 aromatic carbocycles. The van der Waals surface area contributed by atoms with Crippen LogP contribution in [0.4, 0.5) is 0 Å². The number of benzene rings is 1. The number of ether oxygens (including phenoxy) is 1. The fourth-order valence-electron chi connectivity index (χ4n) is 1.13. The van der Waals surface area contributed by atoms with Crippen molar-refractivity contribution >= 4 is 30.3 Å². The Kier molecular flexibility index (Phi) is 6.67. The molecule has 17 heavy (non-hydrogen) atoms. The lowest BCUT2D eigenvalue weighted by atomic mass is 10.1. The molecule has 0 fully saturated rings. The third-order valence-corrected chi connectivity index (χ3v) is 1.92. The minimum Gasteiger partial charge on any atom is -0.463 e. The van der Waals surface area contributed by atoms with E-state index in [0.29, 0.717) is 12.2 Å². The van der Waals surface area contributed by atoms with Gasteiger partial charge in [-0.3, -0.25) is 5.41 Å². The van der Waals surface area contributed by atoms with Crippen molar-refractivity contribution < 1.29 is 9.53 Å². The molecule has 0 bridgehead atoms. The van der Waals surface area contributed by atoms with Crippen LogP contribution in [-0.2, 0) is 9.53 Å². The van der Waals surface area contributed by atoms with Crippen molar-refractivity contribution in [3.63, 3.8) is 0 Å². The van der Waals surface area contributed by atoms with Crippen LogP contribution in [0.15, 0.2) is 30.3 Å². The van der Waals surface area contributed by atoms with Gasteiger partial charge in [0.25, 0.3) is 0 Å². The summed E-state index contributed by atoms with van der Waals surface area (Å²) < 4.78 is 4.75. The molecule has 0 saturated heterocycles. The third kappa shape index (κ3) is 5.17. The largest absolute Gasteiger partial charge is 0.463 e. The fraction of sp³-hybridized carbons (Fsp3) is 0.167. The second-order valence-corrected chi connectivity index (χ2v) is 3.12. The molecule has 92 valence electrons. The minimum atomic E-state index is -0.363. The number of hydrogen-bond acceptors (Lipinski definition) is 3. The van der Waals surface area contributed by atoms with Crippen LogP contribution in [0.2, 0.25) is 0 Å². The molecule has 4 nitrogen and oxygen atoms in total. The molecule has 0 atom stereocenters. The van der Waals surface area contributed by atoms with Crippen molar-refractivity contribution in [2.24, 2.45) is 5.73 Å². The first-order valence-corrected chi connectivity index (χ1v) is 4.92. The summed E-state index contributed by atoms with van der Waals surface area (Å²) in [6.45, 7) is 2.12. The molecule has 0 aliphatic rings. The maximum Gasteiger partial charge on any atom is 0.330 e. The number of nitrogen functional groups attached to an aromatic ring is 1. The van der Waals surface area contributed by atoms with Gasteiger partial charge in [0, 0.05) is 11.6 Å². The van der Waals surface area contributed by atoms with Gasteiger partial charge >= 0.3 is 5.97 Å². The van der Waals surface area contributed by atoms with Crippen molar-refractivity contribution in [3.8, 4) is 0 Å². The summed E-state index contributed by atoms with van der Waals surface area (Å²) in [5.74, 6) is -0.334. The Morgan fingerprint density at radius 2 is 2.00 bits per heavy atom. The summed E-state index contributed by atoms with van der Waals surface area (Å²) in [4.78, 5) is 11.0. The molecule has 0 heterocycles. The molecular weight excluding hydrogens is 240 g/mol. The highest BCUT2D eigenvalue weighted by molar-refractivity contribution is 5.95. The van der Waals surface area contributed by atoms with Gasteiger partial charge in [0.1, 0.15) is 5.84 Å². The monoisotopic (exact) mass is 254 g/mol. The Morgan fingerprint density at radius 3 is 2.47 bits per heavy atom. The highest BCUT2D eigenvalue weighted by Crippen LogP contribution is 2.05. The molecule has 3 N–H and O–H groups in total. The van der Waals surface area contributed by atoms with E-state index >= 15 is 0 Å². The third-order valence-electron chi connectivity index (χ3n) is 1.92. The van der Waals surface area contributed by atoms with Gasteiger partial charge in [0.05, 0.1) is 6.61 Å². The van der Waals surface area contributed by atoms with Gasteiger partial charge in [0.2, 0.25) is 0 Å². The molecular formula is C12H15ClN2O2. The Morgan fingerprint density at radius 1 is 1.41 bits per heavy atom. The maximum absolute atomic E-state index is 11.0. The van der Waals surface area contributed by atoms with Crippen LogP contribution >= 0.6 is 12.4 Å². The first-order valence-electron chi connectivity index (χ1n) is 4.92. The van der Waals surface area contributed by atoms with Gasteiger partial charge in [-0.1, -0.05) is 24.3 Å². The van der Waals surface area contributed by atoms with Crippen LogP contribution in [0.3, 0.4) is 0 Å². The maximum atomic E-state index is 11.0. The number of nitrogens with one attached hydrogen (secondary N) is 1. The van der Waals surface area contributed by atoms with E-state index in [1.807, 2.05) is 0 Å². The molecule has 5 heteroatoms. The predicted octanol–water partition coefficient (Wildman–Crippen LogP) is 1.97. The molecule has 1 aromatic rings.